The summed E-state index contributed by atoms with van der Waals surface area (Å²) in [6.45, 7) is 3.94. The smallest absolute Gasteiger partial charge is 0.0752 e. The predicted octanol–water partition coefficient (Wildman–Crippen LogP) is 1.51. The molecule has 0 saturated heterocycles. The van der Waals surface area contributed by atoms with Gasteiger partial charge >= 0.3 is 0 Å². The van der Waals surface area contributed by atoms with E-state index in [0.29, 0.717) is 0 Å². The molecule has 0 aliphatic carbocycles. The van der Waals surface area contributed by atoms with Crippen LogP contribution in [0, 0.1) is 13.8 Å². The van der Waals surface area contributed by atoms with Crippen molar-refractivity contribution in [2.45, 2.75) is 13.8 Å². The number of nitrogens with zero attached hydrogens (tertiary/aromatic N) is 2. The van der Waals surface area contributed by atoms with E-state index in [1.54, 1.807) is 12.4 Å². The summed E-state index contributed by atoms with van der Waals surface area (Å²) in [4.78, 5) is 3.96. The highest BCUT2D eigenvalue weighted by atomic mass is 16.4. The topological polar surface area (TPSA) is 45.5 Å². The normalized spacial score (nSPS) is 10.7. The van der Waals surface area contributed by atoms with Gasteiger partial charge in [0.05, 0.1) is 6.21 Å². The first-order valence-electron chi connectivity index (χ1n) is 3.34. The highest BCUT2D eigenvalue weighted by molar-refractivity contribution is 5.80. The summed E-state index contributed by atoms with van der Waals surface area (Å²) in [5.74, 6) is 0. The zero-order valence-electron chi connectivity index (χ0n) is 6.57. The molecule has 0 amide bonds. The Labute approximate surface area is 65.4 Å². The molecular formula is C8H10N2O. The fraction of sp³-hybridized carbons (Fsp3) is 0.250. The molecule has 0 atom stereocenters. The number of hydrogen-bond acceptors (Lipinski definition) is 3. The molecule has 0 spiro atoms. The molecule has 0 fully saturated rings. The van der Waals surface area contributed by atoms with E-state index < -0.39 is 0 Å². The molecule has 0 unspecified atom stereocenters. The summed E-state index contributed by atoms with van der Waals surface area (Å²) < 4.78 is 0. The van der Waals surface area contributed by atoms with Crippen LogP contribution in [0.25, 0.3) is 0 Å². The molecule has 1 rings (SSSR count). The lowest BCUT2D eigenvalue weighted by atomic mass is 10.1. The lowest BCUT2D eigenvalue weighted by Gasteiger charge is -2.00. The minimum atomic E-state index is 0.854. The second-order valence-corrected chi connectivity index (χ2v) is 2.42. The molecule has 1 N–H and O–H groups in total. The van der Waals surface area contributed by atoms with Crippen molar-refractivity contribution >= 4 is 6.21 Å². The van der Waals surface area contributed by atoms with Gasteiger partial charge in [0, 0.05) is 18.0 Å². The summed E-state index contributed by atoms with van der Waals surface area (Å²) >= 11 is 0. The Morgan fingerprint density at radius 1 is 1.45 bits per heavy atom. The Balaban J connectivity index is 3.16. The van der Waals surface area contributed by atoms with Crippen molar-refractivity contribution in [2.24, 2.45) is 5.16 Å². The maximum atomic E-state index is 8.28. The molecule has 0 bridgehead atoms. The third kappa shape index (κ3) is 1.55. The second kappa shape index (κ2) is 3.14. The van der Waals surface area contributed by atoms with Gasteiger partial charge in [0.15, 0.2) is 0 Å². The quantitative estimate of drug-likeness (QED) is 0.374. The molecule has 58 valence electrons. The maximum absolute atomic E-state index is 8.28. The Bertz CT molecular complexity index is 281. The Morgan fingerprint density at radius 3 is 2.82 bits per heavy atom. The van der Waals surface area contributed by atoms with Crippen molar-refractivity contribution in [3.63, 3.8) is 0 Å². The molecule has 0 aliphatic rings. The van der Waals surface area contributed by atoms with Gasteiger partial charge in [-0.05, 0) is 25.0 Å². The number of aromatic nitrogens is 1. The van der Waals surface area contributed by atoms with Gasteiger partial charge in [-0.2, -0.15) is 0 Å². The van der Waals surface area contributed by atoms with Crippen LogP contribution in [0.2, 0.25) is 0 Å². The van der Waals surface area contributed by atoms with E-state index in [2.05, 4.69) is 10.1 Å². The molecule has 0 saturated carbocycles. The lowest BCUT2D eigenvalue weighted by Crippen LogP contribution is -1.91. The van der Waals surface area contributed by atoms with Crippen molar-refractivity contribution in [3.05, 3.63) is 29.1 Å². The minimum Gasteiger partial charge on any atom is -0.411 e. The van der Waals surface area contributed by atoms with Crippen LogP contribution >= 0.6 is 0 Å². The van der Waals surface area contributed by atoms with Gasteiger partial charge in [-0.25, -0.2) is 0 Å². The van der Waals surface area contributed by atoms with Crippen LogP contribution in [-0.2, 0) is 0 Å². The standard InChI is InChI=1S/C8H10N2O/c1-6-3-9-4-8(5-10-11)7(6)2/h3-5,11H,1-2H3. The second-order valence-electron chi connectivity index (χ2n) is 2.42. The summed E-state index contributed by atoms with van der Waals surface area (Å²) in [7, 11) is 0. The van der Waals surface area contributed by atoms with E-state index in [1.807, 2.05) is 13.8 Å². The first-order valence-corrected chi connectivity index (χ1v) is 3.34. The van der Waals surface area contributed by atoms with E-state index in [9.17, 15) is 0 Å². The van der Waals surface area contributed by atoms with E-state index in [1.165, 1.54) is 6.21 Å². The zero-order valence-corrected chi connectivity index (χ0v) is 6.57. The van der Waals surface area contributed by atoms with Gasteiger partial charge in [-0.3, -0.25) is 4.98 Å². The van der Waals surface area contributed by atoms with Crippen LogP contribution in [0.15, 0.2) is 17.5 Å². The first-order chi connectivity index (χ1) is 5.25. The highest BCUT2D eigenvalue weighted by Crippen LogP contribution is 2.07. The summed E-state index contributed by atoms with van der Waals surface area (Å²) in [6.07, 6.45) is 4.83. The molecule has 1 heterocycles. The van der Waals surface area contributed by atoms with E-state index >= 15 is 0 Å². The summed E-state index contributed by atoms with van der Waals surface area (Å²) in [6, 6.07) is 0. The van der Waals surface area contributed by atoms with E-state index in [4.69, 9.17) is 5.21 Å². The van der Waals surface area contributed by atoms with Crippen LogP contribution in [0.5, 0.6) is 0 Å². The maximum Gasteiger partial charge on any atom is 0.0752 e. The van der Waals surface area contributed by atoms with Gasteiger partial charge in [0.2, 0.25) is 0 Å². The molecular weight excluding hydrogens is 140 g/mol. The number of aryl methyl sites for hydroxylation is 1. The molecule has 0 radical (unpaired) electrons. The van der Waals surface area contributed by atoms with Gasteiger partial charge in [-0.1, -0.05) is 5.16 Å². The van der Waals surface area contributed by atoms with Gasteiger partial charge in [0.25, 0.3) is 0 Å². The van der Waals surface area contributed by atoms with Gasteiger partial charge < -0.3 is 5.21 Å². The molecule has 1 aromatic rings. The van der Waals surface area contributed by atoms with E-state index in [0.717, 1.165) is 16.7 Å². The third-order valence-electron chi connectivity index (χ3n) is 1.70. The van der Waals surface area contributed by atoms with Crippen molar-refractivity contribution < 1.29 is 5.21 Å². The number of pyridine rings is 1. The van der Waals surface area contributed by atoms with Crippen molar-refractivity contribution in [1.29, 1.82) is 0 Å². The third-order valence-corrected chi connectivity index (χ3v) is 1.70. The Hall–Kier alpha value is -1.38. The SMILES string of the molecule is Cc1cncc(C=NO)c1C. The molecule has 3 heteroatoms. The highest BCUT2D eigenvalue weighted by Gasteiger charge is 1.97. The molecule has 1 aromatic heterocycles. The average molecular weight is 150 g/mol. The Kier molecular flexibility index (Phi) is 2.21. The predicted molar refractivity (Wildman–Crippen MR) is 43.1 cm³/mol. The Morgan fingerprint density at radius 2 is 2.18 bits per heavy atom. The average Bonchev–Trinajstić information content (AvgIpc) is 1.99. The zero-order chi connectivity index (χ0) is 8.27. The van der Waals surface area contributed by atoms with Crippen molar-refractivity contribution in [2.75, 3.05) is 0 Å². The molecule has 3 nitrogen and oxygen atoms in total. The first kappa shape index (κ1) is 7.72. The lowest BCUT2D eigenvalue weighted by molar-refractivity contribution is 0.322. The fourth-order valence-electron chi connectivity index (χ4n) is 0.843. The molecule has 0 aromatic carbocycles. The van der Waals surface area contributed by atoms with Crippen LogP contribution in [0.1, 0.15) is 16.7 Å². The number of hydrogen-bond donors (Lipinski definition) is 1. The van der Waals surface area contributed by atoms with Crippen molar-refractivity contribution in [3.8, 4) is 0 Å². The van der Waals surface area contributed by atoms with Crippen LogP contribution in [-0.4, -0.2) is 16.4 Å². The van der Waals surface area contributed by atoms with Crippen LogP contribution in [0.3, 0.4) is 0 Å². The summed E-state index contributed by atoms with van der Waals surface area (Å²) in [5, 5.41) is 11.2. The minimum absolute atomic E-state index is 0.854. The summed E-state index contributed by atoms with van der Waals surface area (Å²) in [5.41, 5.74) is 3.05. The van der Waals surface area contributed by atoms with E-state index in [-0.39, 0.29) is 0 Å². The monoisotopic (exact) mass is 150 g/mol. The molecule has 0 aliphatic heterocycles. The van der Waals surface area contributed by atoms with Gasteiger partial charge in [0.1, 0.15) is 0 Å². The van der Waals surface area contributed by atoms with Gasteiger partial charge in [-0.15, -0.1) is 0 Å². The van der Waals surface area contributed by atoms with Crippen LogP contribution < -0.4 is 0 Å². The number of rotatable bonds is 1. The molecule has 11 heavy (non-hydrogen) atoms. The largest absolute Gasteiger partial charge is 0.411 e. The fourth-order valence-corrected chi connectivity index (χ4v) is 0.843. The number of oxime groups is 1. The van der Waals surface area contributed by atoms with Crippen molar-refractivity contribution in [1.82, 2.24) is 4.98 Å². The van der Waals surface area contributed by atoms with Crippen LogP contribution in [0.4, 0.5) is 0 Å².